The van der Waals surface area contributed by atoms with Gasteiger partial charge in [-0.25, -0.2) is 0 Å². The Labute approximate surface area is 57.7 Å². The van der Waals surface area contributed by atoms with Crippen molar-refractivity contribution in [2.45, 2.75) is 6.92 Å². The minimum atomic E-state index is -0.491. The molecule has 51 valence electrons. The van der Waals surface area contributed by atoms with E-state index in [9.17, 15) is 10.1 Å². The summed E-state index contributed by atoms with van der Waals surface area (Å²) in [5.74, 6) is 0. The first-order valence-corrected chi connectivity index (χ1v) is 2.69. The van der Waals surface area contributed by atoms with Gasteiger partial charge in [-0.3, -0.25) is 15.1 Å². The number of hydrogen-bond donors (Lipinski definition) is 0. The Bertz CT molecular complexity index is 260. The summed E-state index contributed by atoms with van der Waals surface area (Å²) >= 11 is 0. The summed E-state index contributed by atoms with van der Waals surface area (Å²) in [6.07, 6.45) is 1.30. The zero-order chi connectivity index (χ0) is 7.56. The Morgan fingerprint density at radius 3 is 2.90 bits per heavy atom. The van der Waals surface area contributed by atoms with Crippen LogP contribution in [0.2, 0.25) is 0 Å². The Morgan fingerprint density at radius 1 is 1.80 bits per heavy atom. The second-order valence-electron chi connectivity index (χ2n) is 1.83. The van der Waals surface area contributed by atoms with Gasteiger partial charge in [0, 0.05) is 18.0 Å². The molecule has 0 unspecified atom stereocenters. The Kier molecular flexibility index (Phi) is 1.62. The van der Waals surface area contributed by atoms with Gasteiger partial charge >= 0.3 is 0 Å². The fraction of sp³-hybridized carbons (Fsp3) is 0.167. The smallest absolute Gasteiger partial charge is 0.260 e. The van der Waals surface area contributed by atoms with Gasteiger partial charge in [-0.1, -0.05) is 0 Å². The molecule has 4 nitrogen and oxygen atoms in total. The molecule has 1 heterocycles. The van der Waals surface area contributed by atoms with Crippen LogP contribution in [0.4, 0.5) is 5.69 Å². The van der Waals surface area contributed by atoms with Crippen LogP contribution in [0.3, 0.4) is 0 Å². The lowest BCUT2D eigenvalue weighted by Crippen LogP contribution is -1.89. The van der Waals surface area contributed by atoms with E-state index in [0.717, 1.165) is 0 Å². The first kappa shape index (κ1) is 6.67. The van der Waals surface area contributed by atoms with Crippen LogP contribution in [-0.2, 0) is 0 Å². The third kappa shape index (κ3) is 1.28. The lowest BCUT2D eigenvalue weighted by Gasteiger charge is -1.89. The van der Waals surface area contributed by atoms with E-state index in [2.05, 4.69) is 11.1 Å². The van der Waals surface area contributed by atoms with Crippen molar-refractivity contribution < 1.29 is 4.92 Å². The van der Waals surface area contributed by atoms with E-state index >= 15 is 0 Å². The van der Waals surface area contributed by atoms with E-state index in [1.807, 2.05) is 0 Å². The molecule has 0 saturated carbocycles. The zero-order valence-corrected chi connectivity index (χ0v) is 5.37. The van der Waals surface area contributed by atoms with Crippen LogP contribution in [0, 0.1) is 23.1 Å². The Morgan fingerprint density at radius 2 is 2.50 bits per heavy atom. The maximum absolute atomic E-state index is 10.1. The van der Waals surface area contributed by atoms with Crippen molar-refractivity contribution in [1.29, 1.82) is 0 Å². The summed E-state index contributed by atoms with van der Waals surface area (Å²) in [5, 5.41) is 10.1. The summed E-state index contributed by atoms with van der Waals surface area (Å²) in [6, 6.07) is 3.77. The number of pyridine rings is 1. The second kappa shape index (κ2) is 2.43. The molecular formula is C6H5N2O2. The van der Waals surface area contributed by atoms with Crippen molar-refractivity contribution in [3.63, 3.8) is 0 Å². The van der Waals surface area contributed by atoms with Crippen LogP contribution in [0.15, 0.2) is 12.3 Å². The van der Waals surface area contributed by atoms with Crippen LogP contribution in [-0.4, -0.2) is 9.91 Å². The highest BCUT2D eigenvalue weighted by atomic mass is 16.6. The van der Waals surface area contributed by atoms with Gasteiger partial charge in [0.15, 0.2) is 0 Å². The van der Waals surface area contributed by atoms with Crippen molar-refractivity contribution in [2.75, 3.05) is 0 Å². The van der Waals surface area contributed by atoms with E-state index in [1.54, 1.807) is 6.92 Å². The largest absolute Gasteiger partial charge is 0.280 e. The fourth-order valence-electron chi connectivity index (χ4n) is 0.582. The highest BCUT2D eigenvalue weighted by Crippen LogP contribution is 2.07. The SMILES string of the molecule is Cc1cc([N+](=O)[O-])[c]cn1. The number of rotatable bonds is 1. The molecule has 1 aromatic heterocycles. The maximum Gasteiger partial charge on any atom is 0.280 e. The minimum absolute atomic E-state index is 0.0347. The van der Waals surface area contributed by atoms with E-state index in [0.29, 0.717) is 5.69 Å². The predicted molar refractivity (Wildman–Crippen MR) is 34.5 cm³/mol. The molecular weight excluding hydrogens is 132 g/mol. The molecule has 1 radical (unpaired) electrons. The Balaban J connectivity index is 3.07. The van der Waals surface area contributed by atoms with Gasteiger partial charge in [-0.05, 0) is 6.92 Å². The van der Waals surface area contributed by atoms with Crippen molar-refractivity contribution in [1.82, 2.24) is 4.98 Å². The molecule has 0 aromatic carbocycles. The van der Waals surface area contributed by atoms with Gasteiger partial charge in [0.05, 0.1) is 11.0 Å². The second-order valence-corrected chi connectivity index (χ2v) is 1.83. The normalized spacial score (nSPS) is 9.30. The van der Waals surface area contributed by atoms with Crippen molar-refractivity contribution >= 4 is 5.69 Å². The Hall–Kier alpha value is -1.45. The molecule has 0 atom stereocenters. The fourth-order valence-corrected chi connectivity index (χ4v) is 0.582. The molecule has 0 bridgehead atoms. The van der Waals surface area contributed by atoms with Gasteiger partial charge in [-0.15, -0.1) is 0 Å². The molecule has 0 fully saturated rings. The molecule has 1 aromatic rings. The molecule has 1 rings (SSSR count). The molecule has 0 aliphatic rings. The maximum atomic E-state index is 10.1. The lowest BCUT2D eigenvalue weighted by atomic mass is 10.3. The van der Waals surface area contributed by atoms with Gasteiger partial charge < -0.3 is 0 Å². The van der Waals surface area contributed by atoms with E-state index in [-0.39, 0.29) is 5.69 Å². The number of hydrogen-bond acceptors (Lipinski definition) is 3. The van der Waals surface area contributed by atoms with Gasteiger partial charge in [0.2, 0.25) is 0 Å². The van der Waals surface area contributed by atoms with Gasteiger partial charge in [-0.2, -0.15) is 0 Å². The highest BCUT2D eigenvalue weighted by Gasteiger charge is 2.03. The third-order valence-corrected chi connectivity index (χ3v) is 1.02. The van der Waals surface area contributed by atoms with Gasteiger partial charge in [0.1, 0.15) is 0 Å². The lowest BCUT2D eigenvalue weighted by molar-refractivity contribution is -0.385. The first-order valence-electron chi connectivity index (χ1n) is 2.69. The summed E-state index contributed by atoms with van der Waals surface area (Å²) in [7, 11) is 0. The average Bonchev–Trinajstić information content (AvgIpc) is 1.88. The van der Waals surface area contributed by atoms with Crippen molar-refractivity contribution in [2.24, 2.45) is 0 Å². The molecule has 0 spiro atoms. The summed E-state index contributed by atoms with van der Waals surface area (Å²) < 4.78 is 0. The van der Waals surface area contributed by atoms with Crippen LogP contribution < -0.4 is 0 Å². The minimum Gasteiger partial charge on any atom is -0.260 e. The number of nitro groups is 1. The van der Waals surface area contributed by atoms with Gasteiger partial charge in [0.25, 0.3) is 5.69 Å². The topological polar surface area (TPSA) is 56.0 Å². The first-order chi connectivity index (χ1) is 4.70. The van der Waals surface area contributed by atoms with Crippen molar-refractivity contribution in [3.05, 3.63) is 34.1 Å². The standard InChI is InChI=1S/C6H5N2O2/c1-5-4-6(8(9)10)2-3-7-5/h3-4H,1H3. The van der Waals surface area contributed by atoms with E-state index in [1.165, 1.54) is 12.3 Å². The zero-order valence-electron chi connectivity index (χ0n) is 5.37. The molecule has 0 aliphatic carbocycles. The summed E-state index contributed by atoms with van der Waals surface area (Å²) in [5.41, 5.74) is 0.595. The van der Waals surface area contributed by atoms with Crippen LogP contribution in [0.1, 0.15) is 5.69 Å². The summed E-state index contributed by atoms with van der Waals surface area (Å²) in [6.45, 7) is 1.70. The number of nitrogens with zero attached hydrogens (tertiary/aromatic N) is 2. The number of aromatic nitrogens is 1. The van der Waals surface area contributed by atoms with E-state index in [4.69, 9.17) is 0 Å². The molecule has 0 aliphatic heterocycles. The van der Waals surface area contributed by atoms with Crippen molar-refractivity contribution in [3.8, 4) is 0 Å². The van der Waals surface area contributed by atoms with E-state index < -0.39 is 4.92 Å². The third-order valence-electron chi connectivity index (χ3n) is 1.02. The highest BCUT2D eigenvalue weighted by molar-refractivity contribution is 5.27. The monoisotopic (exact) mass is 137 g/mol. The molecule has 0 amide bonds. The summed E-state index contributed by atoms with van der Waals surface area (Å²) in [4.78, 5) is 13.4. The molecule has 0 saturated heterocycles. The quantitative estimate of drug-likeness (QED) is 0.430. The molecule has 10 heavy (non-hydrogen) atoms. The number of aryl methyl sites for hydroxylation is 1. The van der Waals surface area contributed by atoms with Crippen LogP contribution in [0.5, 0.6) is 0 Å². The average molecular weight is 137 g/mol. The van der Waals surface area contributed by atoms with Crippen LogP contribution >= 0.6 is 0 Å². The predicted octanol–water partition coefficient (Wildman–Crippen LogP) is 1.10. The van der Waals surface area contributed by atoms with Crippen LogP contribution in [0.25, 0.3) is 0 Å². The molecule has 4 heteroatoms. The molecule has 0 N–H and O–H groups in total.